The third-order valence-electron chi connectivity index (χ3n) is 2.13. The van der Waals surface area contributed by atoms with E-state index in [2.05, 4.69) is 5.32 Å². The normalized spacial score (nSPS) is 10.3. The maximum Gasteiger partial charge on any atom is 0.274 e. The van der Waals surface area contributed by atoms with Crippen molar-refractivity contribution in [3.8, 4) is 0 Å². The van der Waals surface area contributed by atoms with Gasteiger partial charge in [-0.25, -0.2) is 0 Å². The van der Waals surface area contributed by atoms with Gasteiger partial charge >= 0.3 is 0 Å². The number of carbonyl (C=O) groups is 2. The summed E-state index contributed by atoms with van der Waals surface area (Å²) in [5.74, 6) is -2.20. The summed E-state index contributed by atoms with van der Waals surface area (Å²) in [5.41, 5.74) is 0.409. The van der Waals surface area contributed by atoms with Gasteiger partial charge in [0.2, 0.25) is 5.91 Å². The van der Waals surface area contributed by atoms with Crippen LogP contribution in [0.15, 0.2) is 30.4 Å². The van der Waals surface area contributed by atoms with Crippen LogP contribution >= 0.6 is 0 Å². The second-order valence-electron chi connectivity index (χ2n) is 3.35. The van der Waals surface area contributed by atoms with Crippen LogP contribution in [0.3, 0.4) is 0 Å². The summed E-state index contributed by atoms with van der Waals surface area (Å²) in [6.07, 6.45) is 1.34. The molecule has 0 aliphatic heterocycles. The number of carboxylic acids is 1. The molecule has 0 heterocycles. The fraction of sp³-hybridized carbons (Fsp3) is 0.0909. The van der Waals surface area contributed by atoms with E-state index in [0.717, 1.165) is 6.08 Å². The van der Waals surface area contributed by atoms with Gasteiger partial charge in [0.05, 0.1) is 22.1 Å². The molecule has 0 fully saturated rings. The highest BCUT2D eigenvalue weighted by Crippen LogP contribution is 2.24. The standard InChI is InChI=1S/C11H10N2O5/c1-7-8(3-2-4-9(7)13(17)18)12-10(14)5-6-11(15)16/h2-6H,1H3,(H,12,14)(H,15,16)/p-1/b6-5+. The number of anilines is 1. The maximum atomic E-state index is 11.3. The van der Waals surface area contributed by atoms with Crippen molar-refractivity contribution in [2.24, 2.45) is 0 Å². The third kappa shape index (κ3) is 3.41. The van der Waals surface area contributed by atoms with Gasteiger partial charge in [-0.3, -0.25) is 14.9 Å². The number of nitro benzene ring substituents is 1. The molecule has 0 spiro atoms. The molecule has 1 amide bonds. The molecule has 0 saturated carbocycles. The zero-order chi connectivity index (χ0) is 13.7. The fourth-order valence-corrected chi connectivity index (χ4v) is 1.27. The minimum Gasteiger partial charge on any atom is -0.545 e. The van der Waals surface area contributed by atoms with Crippen LogP contribution in [-0.2, 0) is 9.59 Å². The van der Waals surface area contributed by atoms with Crippen molar-refractivity contribution in [1.29, 1.82) is 0 Å². The van der Waals surface area contributed by atoms with Gasteiger partial charge in [0.15, 0.2) is 0 Å². The van der Waals surface area contributed by atoms with E-state index in [1.54, 1.807) is 0 Å². The van der Waals surface area contributed by atoms with Crippen LogP contribution in [0.2, 0.25) is 0 Å². The number of hydrogen-bond acceptors (Lipinski definition) is 5. The predicted octanol–water partition coefficient (Wildman–Crippen LogP) is 0.148. The van der Waals surface area contributed by atoms with E-state index in [4.69, 9.17) is 0 Å². The topological polar surface area (TPSA) is 112 Å². The molecule has 0 radical (unpaired) electrons. The maximum absolute atomic E-state index is 11.3. The average Bonchev–Trinajstić information content (AvgIpc) is 2.29. The second-order valence-corrected chi connectivity index (χ2v) is 3.35. The first-order chi connectivity index (χ1) is 8.41. The number of nitrogens with zero attached hydrogens (tertiary/aromatic N) is 1. The lowest BCUT2D eigenvalue weighted by Crippen LogP contribution is -2.20. The van der Waals surface area contributed by atoms with E-state index in [1.807, 2.05) is 0 Å². The lowest BCUT2D eigenvalue weighted by atomic mass is 10.1. The molecular weight excluding hydrogens is 240 g/mol. The molecule has 0 saturated heterocycles. The minimum absolute atomic E-state index is 0.128. The van der Waals surface area contributed by atoms with Gasteiger partial charge in [-0.05, 0) is 19.1 Å². The monoisotopic (exact) mass is 249 g/mol. The molecule has 0 aliphatic rings. The number of carbonyl (C=O) groups excluding carboxylic acids is 2. The van der Waals surface area contributed by atoms with Crippen LogP contribution in [0.1, 0.15) is 5.56 Å². The zero-order valence-electron chi connectivity index (χ0n) is 9.38. The van der Waals surface area contributed by atoms with Gasteiger partial charge in [-0.1, -0.05) is 6.07 Å². The Kier molecular flexibility index (Phi) is 4.14. The average molecular weight is 249 g/mol. The van der Waals surface area contributed by atoms with Gasteiger partial charge < -0.3 is 15.2 Å². The molecular formula is C11H9N2O5-. The summed E-state index contributed by atoms with van der Waals surface area (Å²) in [6, 6.07) is 4.21. The summed E-state index contributed by atoms with van der Waals surface area (Å²) in [5, 5.41) is 23.1. The van der Waals surface area contributed by atoms with Crippen LogP contribution in [0.5, 0.6) is 0 Å². The van der Waals surface area contributed by atoms with Crippen molar-refractivity contribution < 1.29 is 19.6 Å². The lowest BCUT2D eigenvalue weighted by molar-refractivity contribution is -0.385. The molecule has 18 heavy (non-hydrogen) atoms. The van der Waals surface area contributed by atoms with Crippen molar-refractivity contribution in [3.05, 3.63) is 46.0 Å². The van der Waals surface area contributed by atoms with E-state index in [9.17, 15) is 24.8 Å². The minimum atomic E-state index is -1.50. The Morgan fingerprint density at radius 2 is 2.00 bits per heavy atom. The number of aliphatic carboxylic acids is 1. The van der Waals surface area contributed by atoms with Gasteiger partial charge in [-0.2, -0.15) is 0 Å². The van der Waals surface area contributed by atoms with Crippen LogP contribution in [0.4, 0.5) is 11.4 Å². The van der Waals surface area contributed by atoms with Crippen molar-refractivity contribution in [3.63, 3.8) is 0 Å². The number of carboxylic acid groups (broad SMARTS) is 1. The van der Waals surface area contributed by atoms with Crippen molar-refractivity contribution in [2.75, 3.05) is 5.32 Å². The summed E-state index contributed by atoms with van der Waals surface area (Å²) in [7, 11) is 0. The molecule has 1 aromatic rings. The van der Waals surface area contributed by atoms with E-state index in [1.165, 1.54) is 25.1 Å². The number of rotatable bonds is 4. The number of nitrogens with one attached hydrogen (secondary N) is 1. The van der Waals surface area contributed by atoms with Gasteiger partial charge in [0.25, 0.3) is 5.69 Å². The first kappa shape index (κ1) is 13.4. The smallest absolute Gasteiger partial charge is 0.274 e. The van der Waals surface area contributed by atoms with Crippen LogP contribution in [0, 0.1) is 17.0 Å². The number of benzene rings is 1. The predicted molar refractivity (Wildman–Crippen MR) is 60.6 cm³/mol. The highest BCUT2D eigenvalue weighted by atomic mass is 16.6. The summed E-state index contributed by atoms with van der Waals surface area (Å²) in [6.45, 7) is 1.48. The van der Waals surface area contributed by atoms with E-state index in [0.29, 0.717) is 6.08 Å². The third-order valence-corrected chi connectivity index (χ3v) is 2.13. The summed E-state index contributed by atoms with van der Waals surface area (Å²) in [4.78, 5) is 31.5. The number of hydrogen-bond donors (Lipinski definition) is 1. The molecule has 1 N–H and O–H groups in total. The molecule has 94 valence electrons. The summed E-state index contributed by atoms with van der Waals surface area (Å²) < 4.78 is 0. The van der Waals surface area contributed by atoms with Crippen LogP contribution in [0.25, 0.3) is 0 Å². The Hall–Kier alpha value is -2.70. The van der Waals surface area contributed by atoms with Crippen molar-refractivity contribution in [2.45, 2.75) is 6.92 Å². The number of nitro groups is 1. The fourth-order valence-electron chi connectivity index (χ4n) is 1.27. The highest BCUT2D eigenvalue weighted by molar-refractivity contribution is 6.02. The lowest BCUT2D eigenvalue weighted by Gasteiger charge is -2.06. The molecule has 0 unspecified atom stereocenters. The number of amides is 1. The molecule has 0 atom stereocenters. The SMILES string of the molecule is Cc1c(NC(=O)/C=C/C(=O)[O-])cccc1[N+](=O)[O-]. The van der Waals surface area contributed by atoms with Crippen molar-refractivity contribution in [1.82, 2.24) is 0 Å². The Balaban J connectivity index is 2.92. The van der Waals surface area contributed by atoms with Crippen LogP contribution < -0.4 is 10.4 Å². The first-order valence-electron chi connectivity index (χ1n) is 4.86. The van der Waals surface area contributed by atoms with Gasteiger partial charge in [0, 0.05) is 12.1 Å². The van der Waals surface area contributed by atoms with Gasteiger partial charge in [0.1, 0.15) is 0 Å². The van der Waals surface area contributed by atoms with E-state index in [-0.39, 0.29) is 16.9 Å². The quantitative estimate of drug-likeness (QED) is 0.463. The van der Waals surface area contributed by atoms with E-state index < -0.39 is 16.8 Å². The largest absolute Gasteiger partial charge is 0.545 e. The van der Waals surface area contributed by atoms with E-state index >= 15 is 0 Å². The first-order valence-corrected chi connectivity index (χ1v) is 4.86. The molecule has 0 bridgehead atoms. The van der Waals surface area contributed by atoms with Gasteiger partial charge in [-0.15, -0.1) is 0 Å². The molecule has 7 nitrogen and oxygen atoms in total. The Morgan fingerprint density at radius 1 is 1.33 bits per heavy atom. The van der Waals surface area contributed by atoms with Crippen molar-refractivity contribution >= 4 is 23.3 Å². The molecule has 0 aliphatic carbocycles. The van der Waals surface area contributed by atoms with Crippen LogP contribution in [-0.4, -0.2) is 16.8 Å². The second kappa shape index (κ2) is 5.58. The Bertz CT molecular complexity index is 536. The molecule has 1 aromatic carbocycles. The zero-order valence-corrected chi connectivity index (χ0v) is 9.38. The molecule has 7 heteroatoms. The Labute approximate surface area is 102 Å². The Morgan fingerprint density at radius 3 is 2.56 bits per heavy atom. The summed E-state index contributed by atoms with van der Waals surface area (Å²) >= 11 is 0. The molecule has 1 rings (SSSR count). The highest BCUT2D eigenvalue weighted by Gasteiger charge is 2.13. The molecule has 0 aromatic heterocycles.